The maximum Gasteiger partial charge on any atom is 0.224 e. The third kappa shape index (κ3) is 2.55. The molecule has 1 heterocycles. The minimum absolute atomic E-state index is 0.0224. The number of hydrogen-bond donors (Lipinski definition) is 1. The highest BCUT2D eigenvalue weighted by atomic mass is 79.9. The van der Waals surface area contributed by atoms with E-state index in [1.54, 1.807) is 0 Å². The molecule has 0 spiro atoms. The molecule has 2 nitrogen and oxygen atoms in total. The highest BCUT2D eigenvalue weighted by Gasteiger charge is 2.28. The lowest BCUT2D eigenvalue weighted by Gasteiger charge is -2.22. The number of carbonyl (C=O) groups excluding carboxylic acids is 1. The number of rotatable bonds is 2. The smallest absolute Gasteiger partial charge is 0.224 e. The van der Waals surface area contributed by atoms with Crippen molar-refractivity contribution in [2.45, 2.75) is 43.4 Å². The molecule has 1 amide bonds. The zero-order valence-electron chi connectivity index (χ0n) is 10.7. The van der Waals surface area contributed by atoms with Gasteiger partial charge in [0.2, 0.25) is 5.91 Å². The Labute approximate surface area is 120 Å². The van der Waals surface area contributed by atoms with Crippen molar-refractivity contribution in [2.75, 3.05) is 5.32 Å². The van der Waals surface area contributed by atoms with Crippen LogP contribution in [0.5, 0.6) is 0 Å². The average Bonchev–Trinajstić information content (AvgIpc) is 2.91. The van der Waals surface area contributed by atoms with Crippen LogP contribution in [0.2, 0.25) is 0 Å². The first-order valence-corrected chi connectivity index (χ1v) is 7.83. The van der Waals surface area contributed by atoms with Gasteiger partial charge in [0.15, 0.2) is 0 Å². The molecule has 1 aromatic carbocycles. The Bertz CT molecular complexity index is 511. The molecule has 3 rings (SSSR count). The largest absolute Gasteiger partial charge is 0.326 e. The number of fused-ring (bicyclic) bond motifs is 1. The molecule has 1 aromatic rings. The Morgan fingerprint density at radius 3 is 2.74 bits per heavy atom. The third-order valence-corrected chi connectivity index (χ3v) is 5.47. The van der Waals surface area contributed by atoms with Gasteiger partial charge in [-0.15, -0.1) is 0 Å². The van der Waals surface area contributed by atoms with Gasteiger partial charge in [-0.3, -0.25) is 4.79 Å². The standard InChI is InChI=1S/C15H17BrFNO/c16-15(9-3-1-2-4-9)11-7-10-5-6-14(19)18-13(10)8-12(11)17/h7-9,15H,1-6H2,(H,18,19). The molecule has 0 aromatic heterocycles. The first-order valence-electron chi connectivity index (χ1n) is 6.91. The van der Waals surface area contributed by atoms with E-state index in [-0.39, 0.29) is 16.6 Å². The summed E-state index contributed by atoms with van der Waals surface area (Å²) in [4.78, 5) is 11.4. The van der Waals surface area contributed by atoms with Gasteiger partial charge in [-0.2, -0.15) is 0 Å². The summed E-state index contributed by atoms with van der Waals surface area (Å²) in [5.41, 5.74) is 2.45. The van der Waals surface area contributed by atoms with Crippen molar-refractivity contribution >= 4 is 27.5 Å². The Kier molecular flexibility index (Phi) is 3.61. The molecule has 1 unspecified atom stereocenters. The van der Waals surface area contributed by atoms with Gasteiger partial charge in [0.1, 0.15) is 5.82 Å². The molecule has 1 fully saturated rings. The first-order chi connectivity index (χ1) is 9.15. The monoisotopic (exact) mass is 325 g/mol. The molecule has 102 valence electrons. The molecule has 1 aliphatic carbocycles. The molecular formula is C15H17BrFNO. The minimum Gasteiger partial charge on any atom is -0.326 e. The number of halogens is 2. The second-order valence-corrected chi connectivity index (χ2v) is 6.51. The summed E-state index contributed by atoms with van der Waals surface area (Å²) >= 11 is 3.68. The number of nitrogens with one attached hydrogen (secondary N) is 1. The fraction of sp³-hybridized carbons (Fsp3) is 0.533. The number of aryl methyl sites for hydroxylation is 1. The second kappa shape index (κ2) is 5.23. The van der Waals surface area contributed by atoms with Gasteiger partial charge in [0.25, 0.3) is 0 Å². The molecular weight excluding hydrogens is 309 g/mol. The van der Waals surface area contributed by atoms with Crippen LogP contribution in [0.15, 0.2) is 12.1 Å². The van der Waals surface area contributed by atoms with Crippen molar-refractivity contribution in [1.82, 2.24) is 0 Å². The Morgan fingerprint density at radius 1 is 1.26 bits per heavy atom. The fourth-order valence-electron chi connectivity index (χ4n) is 3.14. The number of hydrogen-bond acceptors (Lipinski definition) is 1. The number of carbonyl (C=O) groups is 1. The van der Waals surface area contributed by atoms with E-state index in [0.29, 0.717) is 24.4 Å². The zero-order chi connectivity index (χ0) is 13.4. The molecule has 1 atom stereocenters. The van der Waals surface area contributed by atoms with E-state index in [2.05, 4.69) is 21.2 Å². The van der Waals surface area contributed by atoms with Crippen molar-refractivity contribution in [1.29, 1.82) is 0 Å². The number of benzene rings is 1. The van der Waals surface area contributed by atoms with Crippen LogP contribution in [0, 0.1) is 11.7 Å². The van der Waals surface area contributed by atoms with Crippen LogP contribution in [-0.4, -0.2) is 5.91 Å². The molecule has 2 aliphatic rings. The minimum atomic E-state index is -0.213. The first kappa shape index (κ1) is 13.1. The van der Waals surface area contributed by atoms with Crippen LogP contribution in [0.3, 0.4) is 0 Å². The molecule has 19 heavy (non-hydrogen) atoms. The van der Waals surface area contributed by atoms with Gasteiger partial charge >= 0.3 is 0 Å². The predicted octanol–water partition coefficient (Wildman–Crippen LogP) is 4.34. The van der Waals surface area contributed by atoms with Crippen LogP contribution in [0.1, 0.15) is 48.1 Å². The lowest BCUT2D eigenvalue weighted by Crippen LogP contribution is -2.20. The summed E-state index contributed by atoms with van der Waals surface area (Å²) in [6.45, 7) is 0. The molecule has 4 heteroatoms. The number of anilines is 1. The quantitative estimate of drug-likeness (QED) is 0.805. The summed E-state index contributed by atoms with van der Waals surface area (Å²) in [5.74, 6) is 0.297. The summed E-state index contributed by atoms with van der Waals surface area (Å²) < 4.78 is 14.2. The van der Waals surface area contributed by atoms with Crippen LogP contribution in [0.25, 0.3) is 0 Å². The van der Waals surface area contributed by atoms with Crippen molar-refractivity contribution in [2.24, 2.45) is 5.92 Å². The van der Waals surface area contributed by atoms with Crippen LogP contribution >= 0.6 is 15.9 Å². The Balaban J connectivity index is 1.91. The van der Waals surface area contributed by atoms with Gasteiger partial charge in [-0.25, -0.2) is 4.39 Å². The van der Waals surface area contributed by atoms with Crippen LogP contribution < -0.4 is 5.32 Å². The van der Waals surface area contributed by atoms with E-state index in [1.807, 2.05) is 6.07 Å². The SMILES string of the molecule is O=C1CCc2cc(C(Br)C3CCCC3)c(F)cc2N1. The van der Waals surface area contributed by atoms with E-state index in [9.17, 15) is 9.18 Å². The van der Waals surface area contributed by atoms with Crippen LogP contribution in [-0.2, 0) is 11.2 Å². The van der Waals surface area contributed by atoms with Crippen molar-refractivity contribution in [3.63, 3.8) is 0 Å². The van der Waals surface area contributed by atoms with E-state index >= 15 is 0 Å². The maximum absolute atomic E-state index is 14.2. The van der Waals surface area contributed by atoms with Gasteiger partial charge in [0.05, 0.1) is 0 Å². The van der Waals surface area contributed by atoms with Gasteiger partial charge < -0.3 is 5.32 Å². The fourth-order valence-corrected chi connectivity index (χ4v) is 4.02. The summed E-state index contributed by atoms with van der Waals surface area (Å²) in [5, 5.41) is 2.74. The second-order valence-electron chi connectivity index (χ2n) is 5.53. The Morgan fingerprint density at radius 2 is 2.00 bits per heavy atom. The van der Waals surface area contributed by atoms with Gasteiger partial charge in [-0.1, -0.05) is 28.8 Å². The maximum atomic E-state index is 14.2. The lowest BCUT2D eigenvalue weighted by atomic mass is 9.93. The van der Waals surface area contributed by atoms with E-state index in [0.717, 1.165) is 11.1 Å². The van der Waals surface area contributed by atoms with Crippen molar-refractivity contribution < 1.29 is 9.18 Å². The van der Waals surface area contributed by atoms with E-state index < -0.39 is 0 Å². The number of alkyl halides is 1. The molecule has 0 radical (unpaired) electrons. The van der Waals surface area contributed by atoms with E-state index in [1.165, 1.54) is 31.7 Å². The third-order valence-electron chi connectivity index (χ3n) is 4.23. The van der Waals surface area contributed by atoms with Crippen molar-refractivity contribution in [3.8, 4) is 0 Å². The molecule has 1 N–H and O–H groups in total. The molecule has 1 saturated carbocycles. The zero-order valence-corrected chi connectivity index (χ0v) is 12.3. The molecule has 0 bridgehead atoms. The Hall–Kier alpha value is -0.900. The van der Waals surface area contributed by atoms with Gasteiger partial charge in [0, 0.05) is 22.5 Å². The van der Waals surface area contributed by atoms with Crippen LogP contribution in [0.4, 0.5) is 10.1 Å². The highest BCUT2D eigenvalue weighted by molar-refractivity contribution is 9.09. The lowest BCUT2D eigenvalue weighted by molar-refractivity contribution is -0.116. The van der Waals surface area contributed by atoms with Gasteiger partial charge in [-0.05, 0) is 42.9 Å². The highest BCUT2D eigenvalue weighted by Crippen LogP contribution is 2.43. The number of amides is 1. The normalized spacial score (nSPS) is 21.1. The summed E-state index contributed by atoms with van der Waals surface area (Å²) in [6.07, 6.45) is 6.03. The van der Waals surface area contributed by atoms with E-state index in [4.69, 9.17) is 0 Å². The van der Waals surface area contributed by atoms with Crippen molar-refractivity contribution in [3.05, 3.63) is 29.1 Å². The topological polar surface area (TPSA) is 29.1 Å². The summed E-state index contributed by atoms with van der Waals surface area (Å²) in [6, 6.07) is 3.41. The predicted molar refractivity (Wildman–Crippen MR) is 77.0 cm³/mol. The molecule has 1 aliphatic heterocycles. The average molecular weight is 326 g/mol. The summed E-state index contributed by atoms with van der Waals surface area (Å²) in [7, 11) is 0. The molecule has 0 saturated heterocycles.